The van der Waals surface area contributed by atoms with Gasteiger partial charge in [-0.3, -0.25) is 4.90 Å². The molecular formula is C29H24N2O2S. The third kappa shape index (κ3) is 3.44. The summed E-state index contributed by atoms with van der Waals surface area (Å²) in [5.74, 6) is 1.63. The van der Waals surface area contributed by atoms with Crippen LogP contribution in [0, 0.1) is 0 Å². The molecule has 2 aliphatic rings. The normalized spacial score (nSPS) is 21.0. The van der Waals surface area contributed by atoms with Crippen LogP contribution < -0.4 is 9.64 Å². The molecule has 2 atom stereocenters. The van der Waals surface area contributed by atoms with Crippen molar-refractivity contribution >= 4 is 23.3 Å². The molecule has 6 rings (SSSR count). The summed E-state index contributed by atoms with van der Waals surface area (Å²) >= 11 is 1.88. The lowest BCUT2D eigenvalue weighted by molar-refractivity contribution is -0.0283. The molecule has 34 heavy (non-hydrogen) atoms. The Morgan fingerprint density at radius 2 is 1.53 bits per heavy atom. The smallest absolute Gasteiger partial charge is 0.242 e. The van der Waals surface area contributed by atoms with Crippen molar-refractivity contribution in [1.82, 2.24) is 0 Å². The number of methoxy groups -OCH3 is 1. The highest BCUT2D eigenvalue weighted by molar-refractivity contribution is 7.99. The van der Waals surface area contributed by atoms with E-state index in [4.69, 9.17) is 14.7 Å². The summed E-state index contributed by atoms with van der Waals surface area (Å²) in [6.07, 6.45) is 0.725. The van der Waals surface area contributed by atoms with Crippen molar-refractivity contribution in [3.63, 3.8) is 0 Å². The van der Waals surface area contributed by atoms with E-state index in [-0.39, 0.29) is 5.25 Å². The van der Waals surface area contributed by atoms with E-state index in [2.05, 4.69) is 83.8 Å². The number of thioether (sulfide) groups is 1. The Kier molecular flexibility index (Phi) is 5.27. The number of oxime groups is 1. The maximum atomic E-state index is 6.52. The highest BCUT2D eigenvalue weighted by Gasteiger charge is 2.52. The first-order valence-electron chi connectivity index (χ1n) is 11.4. The zero-order valence-corrected chi connectivity index (χ0v) is 19.6. The molecule has 4 aromatic carbocycles. The summed E-state index contributed by atoms with van der Waals surface area (Å²) in [4.78, 5) is 10.0. The zero-order valence-electron chi connectivity index (χ0n) is 18.8. The predicted molar refractivity (Wildman–Crippen MR) is 137 cm³/mol. The number of fused-ring (bicyclic) bond motifs is 3. The Hall–Kier alpha value is -3.70. The van der Waals surface area contributed by atoms with Gasteiger partial charge in [0.1, 0.15) is 5.75 Å². The Morgan fingerprint density at radius 3 is 2.26 bits per heavy atom. The van der Waals surface area contributed by atoms with Gasteiger partial charge in [0.15, 0.2) is 5.84 Å². The molecule has 0 radical (unpaired) electrons. The van der Waals surface area contributed by atoms with Crippen LogP contribution in [0.5, 0.6) is 5.75 Å². The van der Waals surface area contributed by atoms with Crippen molar-refractivity contribution in [2.45, 2.75) is 22.3 Å². The van der Waals surface area contributed by atoms with Gasteiger partial charge in [-0.15, -0.1) is 11.8 Å². The lowest BCUT2D eigenvalue weighted by Gasteiger charge is -2.38. The first kappa shape index (κ1) is 20.9. The monoisotopic (exact) mass is 464 g/mol. The molecule has 0 unspecified atom stereocenters. The van der Waals surface area contributed by atoms with Crippen molar-refractivity contribution in [1.29, 1.82) is 0 Å². The van der Waals surface area contributed by atoms with Gasteiger partial charge in [0.05, 0.1) is 12.8 Å². The summed E-state index contributed by atoms with van der Waals surface area (Å²) in [6, 6.07) is 37.7. The fourth-order valence-electron chi connectivity index (χ4n) is 4.77. The number of hydrogen-bond donors (Lipinski definition) is 0. The average molecular weight is 465 g/mol. The predicted octanol–water partition coefficient (Wildman–Crippen LogP) is 6.98. The summed E-state index contributed by atoms with van der Waals surface area (Å²) in [5, 5.41) is 4.89. The fourth-order valence-corrected chi connectivity index (χ4v) is 6.12. The highest BCUT2D eigenvalue weighted by atomic mass is 32.2. The Labute approximate surface area is 203 Å². The minimum absolute atomic E-state index is 0.180. The molecule has 2 heterocycles. The molecule has 0 aromatic heterocycles. The van der Waals surface area contributed by atoms with Crippen LogP contribution in [0.2, 0.25) is 0 Å². The zero-order chi connectivity index (χ0) is 23.0. The molecule has 0 fully saturated rings. The fraction of sp³-hybridized carbons (Fsp3) is 0.138. The van der Waals surface area contributed by atoms with Gasteiger partial charge < -0.3 is 9.57 Å². The Bertz CT molecular complexity index is 1330. The Morgan fingerprint density at radius 1 is 0.853 bits per heavy atom. The third-order valence-corrected chi connectivity index (χ3v) is 7.76. The maximum absolute atomic E-state index is 6.52. The number of anilines is 1. The van der Waals surface area contributed by atoms with Crippen LogP contribution in [0.3, 0.4) is 0 Å². The number of rotatable bonds is 4. The van der Waals surface area contributed by atoms with Crippen molar-refractivity contribution < 1.29 is 9.57 Å². The van der Waals surface area contributed by atoms with Crippen LogP contribution in [-0.4, -0.2) is 12.9 Å². The first-order valence-corrected chi connectivity index (χ1v) is 12.2. The number of nitrogens with zero attached hydrogens (tertiary/aromatic N) is 2. The van der Waals surface area contributed by atoms with Crippen LogP contribution in [0.1, 0.15) is 28.4 Å². The van der Waals surface area contributed by atoms with E-state index in [0.717, 1.165) is 34.8 Å². The van der Waals surface area contributed by atoms with Gasteiger partial charge in [-0.05, 0) is 42.0 Å². The minimum atomic E-state index is -0.794. The van der Waals surface area contributed by atoms with E-state index >= 15 is 0 Å². The largest absolute Gasteiger partial charge is 0.497 e. The lowest BCUT2D eigenvalue weighted by Crippen LogP contribution is -2.47. The second-order valence-electron chi connectivity index (χ2n) is 8.41. The molecule has 0 amide bonds. The van der Waals surface area contributed by atoms with Gasteiger partial charge >= 0.3 is 0 Å². The van der Waals surface area contributed by atoms with Crippen LogP contribution in [0.25, 0.3) is 0 Å². The van der Waals surface area contributed by atoms with Gasteiger partial charge in [-0.25, -0.2) is 0 Å². The molecule has 0 N–H and O–H groups in total. The number of para-hydroxylation sites is 1. The molecule has 0 spiro atoms. The molecule has 168 valence electrons. The first-order chi connectivity index (χ1) is 16.8. The third-order valence-electron chi connectivity index (χ3n) is 6.44. The van der Waals surface area contributed by atoms with Crippen molar-refractivity contribution in [3.8, 4) is 5.75 Å². The number of benzene rings is 4. The van der Waals surface area contributed by atoms with Crippen LogP contribution in [0.4, 0.5) is 5.69 Å². The summed E-state index contributed by atoms with van der Waals surface area (Å²) < 4.78 is 5.44. The maximum Gasteiger partial charge on any atom is 0.242 e. The van der Waals surface area contributed by atoms with Crippen molar-refractivity contribution in [2.24, 2.45) is 5.16 Å². The Balaban J connectivity index is 1.57. The molecule has 0 saturated carbocycles. The van der Waals surface area contributed by atoms with Gasteiger partial charge in [0.2, 0.25) is 5.72 Å². The molecule has 0 bridgehead atoms. The number of hydrogen-bond acceptors (Lipinski definition) is 5. The van der Waals surface area contributed by atoms with E-state index in [9.17, 15) is 0 Å². The highest BCUT2D eigenvalue weighted by Crippen LogP contribution is 2.56. The summed E-state index contributed by atoms with van der Waals surface area (Å²) in [7, 11) is 1.69. The van der Waals surface area contributed by atoms with Crippen molar-refractivity contribution in [2.75, 3.05) is 12.0 Å². The van der Waals surface area contributed by atoms with E-state index in [1.54, 1.807) is 7.11 Å². The van der Waals surface area contributed by atoms with Crippen LogP contribution >= 0.6 is 11.8 Å². The summed E-state index contributed by atoms with van der Waals surface area (Å²) in [6.45, 7) is 0. The van der Waals surface area contributed by atoms with E-state index in [0.29, 0.717) is 0 Å². The summed E-state index contributed by atoms with van der Waals surface area (Å²) in [5.41, 5.74) is 3.64. The molecule has 4 nitrogen and oxygen atoms in total. The van der Waals surface area contributed by atoms with E-state index in [1.807, 2.05) is 42.1 Å². The number of amidine groups is 1. The standard InChI is InChI=1S/C29H24N2O2S/c1-32-24-18-16-23(17-19-24)29-20-27(21-10-4-2-5-11-21)34-26-15-9-8-14-25(26)31(29)28(30-33-29)22-12-6-3-7-13-22/h2-19,27H,20H2,1H3/t27-,29+/m1/s1. The van der Waals surface area contributed by atoms with Crippen LogP contribution in [-0.2, 0) is 10.6 Å². The number of ether oxygens (including phenoxy) is 1. The van der Waals surface area contributed by atoms with Gasteiger partial charge in [0, 0.05) is 27.7 Å². The molecule has 0 saturated heterocycles. The minimum Gasteiger partial charge on any atom is -0.497 e. The molecule has 2 aliphatic heterocycles. The van der Waals surface area contributed by atoms with E-state index in [1.165, 1.54) is 10.5 Å². The second kappa shape index (κ2) is 8.58. The molecule has 5 heteroatoms. The average Bonchev–Trinajstić information content (AvgIpc) is 3.22. The van der Waals surface area contributed by atoms with Gasteiger partial charge in [0.25, 0.3) is 0 Å². The molecule has 4 aromatic rings. The SMILES string of the molecule is COc1ccc([C@@]23C[C@H](c4ccccc4)Sc4ccccc4N2C(c2ccccc2)=NO3)cc1. The van der Waals surface area contributed by atoms with E-state index < -0.39 is 5.72 Å². The topological polar surface area (TPSA) is 34.1 Å². The van der Waals surface area contributed by atoms with Gasteiger partial charge in [-0.1, -0.05) is 78.0 Å². The van der Waals surface area contributed by atoms with Crippen LogP contribution in [0.15, 0.2) is 119 Å². The van der Waals surface area contributed by atoms with Crippen molar-refractivity contribution in [3.05, 3.63) is 126 Å². The molecule has 0 aliphatic carbocycles. The lowest BCUT2D eigenvalue weighted by atomic mass is 9.92. The second-order valence-corrected chi connectivity index (χ2v) is 9.65. The molecular weight excluding hydrogens is 440 g/mol. The quantitative estimate of drug-likeness (QED) is 0.326. The van der Waals surface area contributed by atoms with Gasteiger partial charge in [-0.2, -0.15) is 0 Å².